The number of carbonyl (C=O) groups excluding carboxylic acids is 1. The maximum Gasteiger partial charge on any atom is 0.238 e. The highest BCUT2D eigenvalue weighted by molar-refractivity contribution is 7.10. The summed E-state index contributed by atoms with van der Waals surface area (Å²) in [6, 6.07) is 9.42. The number of hydrogen-bond acceptors (Lipinski definition) is 4. The Balaban J connectivity index is 1.84. The van der Waals surface area contributed by atoms with Gasteiger partial charge < -0.3 is 10.1 Å². The highest BCUT2D eigenvalue weighted by atomic mass is 32.1. The summed E-state index contributed by atoms with van der Waals surface area (Å²) >= 11 is 1.73. The molecule has 0 bridgehead atoms. The average molecular weight is 304 g/mol. The number of benzene rings is 1. The molecule has 0 saturated heterocycles. The molecule has 21 heavy (non-hydrogen) atoms. The second-order valence-corrected chi connectivity index (χ2v) is 5.98. The van der Waals surface area contributed by atoms with Gasteiger partial charge in [0.05, 0.1) is 13.7 Å². The van der Waals surface area contributed by atoms with Gasteiger partial charge in [-0.1, -0.05) is 0 Å². The van der Waals surface area contributed by atoms with Crippen molar-refractivity contribution in [1.29, 1.82) is 0 Å². The number of nitrogens with one attached hydrogen (secondary N) is 1. The Morgan fingerprint density at radius 1 is 1.29 bits per heavy atom. The number of methoxy groups -OCH3 is 1. The molecule has 5 heteroatoms. The number of amides is 1. The molecule has 0 unspecified atom stereocenters. The molecule has 4 nitrogen and oxygen atoms in total. The van der Waals surface area contributed by atoms with Gasteiger partial charge in [0.2, 0.25) is 5.91 Å². The van der Waals surface area contributed by atoms with Crippen LogP contribution in [0, 0.1) is 6.92 Å². The van der Waals surface area contributed by atoms with Crippen molar-refractivity contribution in [2.24, 2.45) is 0 Å². The monoisotopic (exact) mass is 304 g/mol. The second kappa shape index (κ2) is 7.24. The molecule has 0 spiro atoms. The normalized spacial score (nSPS) is 10.7. The number of anilines is 1. The number of aryl methyl sites for hydroxylation is 1. The summed E-state index contributed by atoms with van der Waals surface area (Å²) in [4.78, 5) is 15.3. The maximum absolute atomic E-state index is 12.0. The molecule has 2 aromatic rings. The van der Waals surface area contributed by atoms with Crippen LogP contribution in [0.25, 0.3) is 0 Å². The summed E-state index contributed by atoms with van der Waals surface area (Å²) in [7, 11) is 3.57. The van der Waals surface area contributed by atoms with Gasteiger partial charge in [0.25, 0.3) is 0 Å². The largest absolute Gasteiger partial charge is 0.497 e. The molecule has 0 aliphatic carbocycles. The van der Waals surface area contributed by atoms with E-state index in [-0.39, 0.29) is 5.91 Å². The third kappa shape index (κ3) is 4.58. The van der Waals surface area contributed by atoms with Gasteiger partial charge in [-0.2, -0.15) is 0 Å². The molecule has 1 N–H and O–H groups in total. The summed E-state index contributed by atoms with van der Waals surface area (Å²) in [5.74, 6) is 0.759. The number of hydrogen-bond donors (Lipinski definition) is 1. The fourth-order valence-corrected chi connectivity index (χ4v) is 2.97. The summed E-state index contributed by atoms with van der Waals surface area (Å²) in [6.45, 7) is 3.25. The first-order chi connectivity index (χ1) is 10.1. The van der Waals surface area contributed by atoms with Crippen molar-refractivity contribution in [3.8, 4) is 5.75 Å². The Morgan fingerprint density at radius 3 is 2.57 bits per heavy atom. The SMILES string of the molecule is COc1ccc(NC(=O)CN(C)Cc2sccc2C)cc1. The van der Waals surface area contributed by atoms with Crippen molar-refractivity contribution < 1.29 is 9.53 Å². The summed E-state index contributed by atoms with van der Waals surface area (Å²) < 4.78 is 5.09. The van der Waals surface area contributed by atoms with Crippen molar-refractivity contribution in [3.05, 3.63) is 46.2 Å². The molecular weight excluding hydrogens is 284 g/mol. The highest BCUT2D eigenvalue weighted by Crippen LogP contribution is 2.17. The van der Waals surface area contributed by atoms with Gasteiger partial charge in [-0.15, -0.1) is 11.3 Å². The molecule has 0 aliphatic rings. The van der Waals surface area contributed by atoms with Crippen LogP contribution >= 0.6 is 11.3 Å². The van der Waals surface area contributed by atoms with E-state index in [0.29, 0.717) is 6.54 Å². The molecule has 1 aromatic heterocycles. The van der Waals surface area contributed by atoms with Crippen molar-refractivity contribution in [3.63, 3.8) is 0 Å². The predicted molar refractivity (Wildman–Crippen MR) is 87.0 cm³/mol. The third-order valence-electron chi connectivity index (χ3n) is 3.17. The van der Waals surface area contributed by atoms with Crippen LogP contribution in [-0.4, -0.2) is 31.5 Å². The van der Waals surface area contributed by atoms with Crippen molar-refractivity contribution in [2.45, 2.75) is 13.5 Å². The van der Waals surface area contributed by atoms with Gasteiger partial charge in [-0.25, -0.2) is 0 Å². The predicted octanol–water partition coefficient (Wildman–Crippen LogP) is 3.14. The molecule has 0 atom stereocenters. The zero-order valence-corrected chi connectivity index (χ0v) is 13.4. The fraction of sp³-hybridized carbons (Fsp3) is 0.312. The molecule has 1 aromatic carbocycles. The van der Waals surface area contributed by atoms with Gasteiger partial charge in [0.1, 0.15) is 5.75 Å². The van der Waals surface area contributed by atoms with Gasteiger partial charge in [0, 0.05) is 17.1 Å². The van der Waals surface area contributed by atoms with Crippen LogP contribution in [0.15, 0.2) is 35.7 Å². The standard InChI is InChI=1S/C16H20N2O2S/c1-12-8-9-21-15(12)10-18(2)11-16(19)17-13-4-6-14(20-3)7-5-13/h4-9H,10-11H2,1-3H3,(H,17,19). The van der Waals surface area contributed by atoms with E-state index in [2.05, 4.69) is 23.7 Å². The van der Waals surface area contributed by atoms with E-state index >= 15 is 0 Å². The molecule has 112 valence electrons. The lowest BCUT2D eigenvalue weighted by Gasteiger charge is -2.16. The van der Waals surface area contributed by atoms with Gasteiger partial charge in [-0.3, -0.25) is 9.69 Å². The van der Waals surface area contributed by atoms with Gasteiger partial charge >= 0.3 is 0 Å². The molecule has 0 saturated carbocycles. The van der Waals surface area contributed by atoms with E-state index in [1.54, 1.807) is 18.4 Å². The zero-order chi connectivity index (χ0) is 15.2. The number of rotatable bonds is 6. The first kappa shape index (κ1) is 15.5. The average Bonchev–Trinajstić information content (AvgIpc) is 2.84. The van der Waals surface area contributed by atoms with E-state index in [0.717, 1.165) is 18.0 Å². The topological polar surface area (TPSA) is 41.6 Å². The maximum atomic E-state index is 12.0. The number of likely N-dealkylation sites (N-methyl/N-ethyl adjacent to an activating group) is 1. The molecule has 0 aliphatic heterocycles. The smallest absolute Gasteiger partial charge is 0.238 e. The van der Waals surface area contributed by atoms with Crippen LogP contribution in [0.1, 0.15) is 10.4 Å². The minimum absolute atomic E-state index is 0.0168. The zero-order valence-electron chi connectivity index (χ0n) is 12.6. The summed E-state index contributed by atoms with van der Waals surface area (Å²) in [5, 5.41) is 4.96. The Morgan fingerprint density at radius 2 is 2.00 bits per heavy atom. The number of thiophene rings is 1. The number of nitrogens with zero attached hydrogens (tertiary/aromatic N) is 1. The van der Waals surface area contributed by atoms with E-state index in [1.807, 2.05) is 36.2 Å². The van der Waals surface area contributed by atoms with Gasteiger partial charge in [-0.05, 0) is 55.2 Å². The molecule has 0 radical (unpaired) electrons. The quantitative estimate of drug-likeness (QED) is 0.891. The lowest BCUT2D eigenvalue weighted by molar-refractivity contribution is -0.117. The summed E-state index contributed by atoms with van der Waals surface area (Å²) in [5.41, 5.74) is 2.06. The minimum Gasteiger partial charge on any atom is -0.497 e. The Bertz CT molecular complexity index is 593. The van der Waals surface area contributed by atoms with Crippen molar-refractivity contribution >= 4 is 22.9 Å². The van der Waals surface area contributed by atoms with Crippen LogP contribution in [0.2, 0.25) is 0 Å². The Hall–Kier alpha value is -1.85. The van der Waals surface area contributed by atoms with Crippen molar-refractivity contribution in [1.82, 2.24) is 4.90 Å². The molecule has 0 fully saturated rings. The fourth-order valence-electron chi connectivity index (χ4n) is 1.99. The van der Waals surface area contributed by atoms with Gasteiger partial charge in [0.15, 0.2) is 0 Å². The molecule has 1 heterocycles. The Kier molecular flexibility index (Phi) is 5.36. The lowest BCUT2D eigenvalue weighted by atomic mass is 10.3. The van der Waals surface area contributed by atoms with E-state index in [4.69, 9.17) is 4.74 Å². The van der Waals surface area contributed by atoms with Crippen LogP contribution < -0.4 is 10.1 Å². The van der Waals surface area contributed by atoms with Crippen LogP contribution in [-0.2, 0) is 11.3 Å². The first-order valence-corrected chi connectivity index (χ1v) is 7.62. The Labute approximate surface area is 129 Å². The second-order valence-electron chi connectivity index (χ2n) is 4.98. The molecular formula is C16H20N2O2S. The third-order valence-corrected chi connectivity index (χ3v) is 4.18. The number of ether oxygens (including phenoxy) is 1. The molecule has 2 rings (SSSR count). The van der Waals surface area contributed by atoms with Crippen molar-refractivity contribution in [2.75, 3.05) is 26.0 Å². The summed E-state index contributed by atoms with van der Waals surface area (Å²) in [6.07, 6.45) is 0. The molecule has 1 amide bonds. The minimum atomic E-state index is -0.0168. The van der Waals surface area contributed by atoms with E-state index < -0.39 is 0 Å². The van der Waals surface area contributed by atoms with Crippen LogP contribution in [0.3, 0.4) is 0 Å². The lowest BCUT2D eigenvalue weighted by Crippen LogP contribution is -2.29. The van der Waals surface area contributed by atoms with Crippen LogP contribution in [0.4, 0.5) is 5.69 Å². The highest BCUT2D eigenvalue weighted by Gasteiger charge is 2.09. The van der Waals surface area contributed by atoms with Crippen LogP contribution in [0.5, 0.6) is 5.75 Å². The number of carbonyl (C=O) groups is 1. The first-order valence-electron chi connectivity index (χ1n) is 6.74. The van der Waals surface area contributed by atoms with E-state index in [9.17, 15) is 4.79 Å². The van der Waals surface area contributed by atoms with E-state index in [1.165, 1.54) is 10.4 Å².